The molecule has 0 fully saturated rings. The fourth-order valence-corrected chi connectivity index (χ4v) is 3.54. The highest BCUT2D eigenvalue weighted by Crippen LogP contribution is 2.36. The number of hydrogen-bond donors (Lipinski definition) is 1. The van der Waals surface area contributed by atoms with Gasteiger partial charge >= 0.3 is 0 Å². The van der Waals surface area contributed by atoms with Gasteiger partial charge in [-0.3, -0.25) is 0 Å². The Labute approximate surface area is 121 Å². The molecule has 2 aromatic rings. The molecule has 3 rings (SSSR count). The lowest BCUT2D eigenvalue weighted by molar-refractivity contribution is 0.628. The molecule has 1 aliphatic carbocycles. The maximum Gasteiger partial charge on any atom is 0.143 e. The lowest BCUT2D eigenvalue weighted by atomic mass is 10.1. The Morgan fingerprint density at radius 3 is 2.74 bits per heavy atom. The number of nitrogens with two attached hydrogens (primary N) is 1. The van der Waals surface area contributed by atoms with E-state index in [0.29, 0.717) is 5.69 Å². The molecule has 0 saturated heterocycles. The summed E-state index contributed by atoms with van der Waals surface area (Å²) >= 11 is 7.33. The van der Waals surface area contributed by atoms with Crippen molar-refractivity contribution in [2.45, 2.75) is 29.1 Å². The molecule has 4 heteroatoms. The second-order valence-electron chi connectivity index (χ2n) is 4.69. The zero-order chi connectivity index (χ0) is 13.4. The summed E-state index contributed by atoms with van der Waals surface area (Å²) in [4.78, 5) is 1.92. The molecule has 0 bridgehead atoms. The van der Waals surface area contributed by atoms with Crippen molar-refractivity contribution in [1.29, 1.82) is 0 Å². The predicted octanol–water partition coefficient (Wildman–Crippen LogP) is 4.70. The molecule has 0 aliphatic heterocycles. The highest BCUT2D eigenvalue weighted by molar-refractivity contribution is 7.99. The Bertz CT molecular complexity index is 642. The van der Waals surface area contributed by atoms with Gasteiger partial charge in [0.05, 0.1) is 5.02 Å². The fraction of sp³-hybridized carbons (Fsp3) is 0.200. The van der Waals surface area contributed by atoms with Gasteiger partial charge in [-0.05, 0) is 54.7 Å². The van der Waals surface area contributed by atoms with Crippen LogP contribution in [0.15, 0.2) is 40.1 Å². The van der Waals surface area contributed by atoms with Crippen molar-refractivity contribution < 1.29 is 4.39 Å². The van der Waals surface area contributed by atoms with Gasteiger partial charge in [0.2, 0.25) is 0 Å². The van der Waals surface area contributed by atoms with Gasteiger partial charge in [0, 0.05) is 15.5 Å². The van der Waals surface area contributed by atoms with E-state index in [2.05, 4.69) is 18.2 Å². The maximum atomic E-state index is 13.3. The first-order valence-corrected chi connectivity index (χ1v) is 7.37. The summed E-state index contributed by atoms with van der Waals surface area (Å²) in [6, 6.07) is 9.32. The summed E-state index contributed by atoms with van der Waals surface area (Å²) in [5, 5.41) is 0.109. The molecule has 0 heterocycles. The first-order valence-electron chi connectivity index (χ1n) is 6.17. The third-order valence-corrected chi connectivity index (χ3v) is 4.70. The van der Waals surface area contributed by atoms with Gasteiger partial charge in [-0.15, -0.1) is 0 Å². The van der Waals surface area contributed by atoms with Crippen molar-refractivity contribution in [2.75, 3.05) is 5.73 Å². The average molecular weight is 294 g/mol. The standard InChI is InChI=1S/C15H13ClFNS/c16-12-7-15(14(18)8-13(12)17)19-11-5-4-9-2-1-3-10(9)6-11/h4-8H,1-3,18H2. The van der Waals surface area contributed by atoms with Crippen LogP contribution >= 0.6 is 23.4 Å². The van der Waals surface area contributed by atoms with E-state index in [4.69, 9.17) is 17.3 Å². The van der Waals surface area contributed by atoms with Crippen LogP contribution in [-0.2, 0) is 12.8 Å². The Hall–Kier alpha value is -1.19. The molecule has 0 radical (unpaired) electrons. The summed E-state index contributed by atoms with van der Waals surface area (Å²) < 4.78 is 13.3. The van der Waals surface area contributed by atoms with E-state index < -0.39 is 5.82 Å². The summed E-state index contributed by atoms with van der Waals surface area (Å²) in [6.45, 7) is 0. The SMILES string of the molecule is Nc1cc(F)c(Cl)cc1Sc1ccc2c(c1)CCC2. The first kappa shape index (κ1) is 12.8. The van der Waals surface area contributed by atoms with Crippen molar-refractivity contribution in [3.8, 4) is 0 Å². The van der Waals surface area contributed by atoms with Crippen molar-refractivity contribution in [3.63, 3.8) is 0 Å². The van der Waals surface area contributed by atoms with Crippen LogP contribution in [0, 0.1) is 5.82 Å². The van der Waals surface area contributed by atoms with Crippen LogP contribution in [-0.4, -0.2) is 0 Å². The molecule has 0 unspecified atom stereocenters. The molecular formula is C15H13ClFNS. The third-order valence-electron chi connectivity index (χ3n) is 3.35. The number of nitrogen functional groups attached to an aromatic ring is 1. The summed E-state index contributed by atoms with van der Waals surface area (Å²) in [7, 11) is 0. The van der Waals surface area contributed by atoms with Gasteiger partial charge < -0.3 is 5.73 Å². The van der Waals surface area contributed by atoms with Crippen molar-refractivity contribution in [1.82, 2.24) is 0 Å². The Morgan fingerprint density at radius 2 is 1.89 bits per heavy atom. The molecule has 19 heavy (non-hydrogen) atoms. The lowest BCUT2D eigenvalue weighted by Gasteiger charge is -2.08. The molecule has 98 valence electrons. The van der Waals surface area contributed by atoms with Crippen LogP contribution in [0.4, 0.5) is 10.1 Å². The molecule has 0 amide bonds. The topological polar surface area (TPSA) is 26.0 Å². The number of halogens is 2. The highest BCUT2D eigenvalue weighted by atomic mass is 35.5. The average Bonchev–Trinajstić information content (AvgIpc) is 2.83. The lowest BCUT2D eigenvalue weighted by Crippen LogP contribution is -1.91. The van der Waals surface area contributed by atoms with Crippen LogP contribution in [0.1, 0.15) is 17.5 Å². The normalized spacial score (nSPS) is 13.6. The molecule has 0 spiro atoms. The van der Waals surface area contributed by atoms with Crippen molar-refractivity contribution in [2.24, 2.45) is 0 Å². The highest BCUT2D eigenvalue weighted by Gasteiger charge is 2.12. The van der Waals surface area contributed by atoms with Crippen LogP contribution in [0.2, 0.25) is 5.02 Å². The van der Waals surface area contributed by atoms with Gasteiger partial charge in [0.25, 0.3) is 0 Å². The predicted molar refractivity (Wildman–Crippen MR) is 78.4 cm³/mol. The van der Waals surface area contributed by atoms with E-state index in [-0.39, 0.29) is 5.02 Å². The number of benzene rings is 2. The van der Waals surface area contributed by atoms with Crippen LogP contribution in [0.3, 0.4) is 0 Å². The Balaban J connectivity index is 1.91. The minimum atomic E-state index is -0.475. The summed E-state index contributed by atoms with van der Waals surface area (Å²) in [5.41, 5.74) is 9.11. The molecule has 1 aliphatic rings. The molecule has 0 saturated carbocycles. The van der Waals surface area contributed by atoms with Gasteiger partial charge in [-0.2, -0.15) is 0 Å². The van der Waals surface area contributed by atoms with Crippen LogP contribution in [0.25, 0.3) is 0 Å². The van der Waals surface area contributed by atoms with Gasteiger partial charge in [-0.25, -0.2) is 4.39 Å². The maximum absolute atomic E-state index is 13.3. The summed E-state index contributed by atoms with van der Waals surface area (Å²) in [5.74, 6) is -0.475. The monoisotopic (exact) mass is 293 g/mol. The fourth-order valence-electron chi connectivity index (χ4n) is 2.37. The van der Waals surface area contributed by atoms with Gasteiger partial charge in [0.1, 0.15) is 5.82 Å². The molecule has 1 nitrogen and oxygen atoms in total. The van der Waals surface area contributed by atoms with E-state index in [1.54, 1.807) is 6.07 Å². The van der Waals surface area contributed by atoms with E-state index in [0.717, 1.165) is 16.2 Å². The minimum Gasteiger partial charge on any atom is -0.398 e. The Morgan fingerprint density at radius 1 is 1.11 bits per heavy atom. The van der Waals surface area contributed by atoms with Crippen molar-refractivity contribution >= 4 is 29.1 Å². The Kier molecular flexibility index (Phi) is 3.42. The van der Waals surface area contributed by atoms with Gasteiger partial charge in [0.15, 0.2) is 0 Å². The van der Waals surface area contributed by atoms with E-state index in [1.165, 1.54) is 41.8 Å². The van der Waals surface area contributed by atoms with Crippen LogP contribution in [0.5, 0.6) is 0 Å². The number of anilines is 1. The quantitative estimate of drug-likeness (QED) is 0.812. The van der Waals surface area contributed by atoms with E-state index >= 15 is 0 Å². The van der Waals surface area contributed by atoms with E-state index in [9.17, 15) is 4.39 Å². The molecule has 0 atom stereocenters. The number of hydrogen-bond acceptors (Lipinski definition) is 2. The van der Waals surface area contributed by atoms with E-state index in [1.807, 2.05) is 0 Å². The minimum absolute atomic E-state index is 0.109. The molecular weight excluding hydrogens is 281 g/mol. The van der Waals surface area contributed by atoms with Crippen molar-refractivity contribution in [3.05, 3.63) is 52.3 Å². The third kappa shape index (κ3) is 2.58. The molecule has 2 N–H and O–H groups in total. The number of aryl methyl sites for hydroxylation is 2. The zero-order valence-corrected chi connectivity index (χ0v) is 11.8. The number of rotatable bonds is 2. The largest absolute Gasteiger partial charge is 0.398 e. The molecule has 2 aromatic carbocycles. The molecule has 0 aromatic heterocycles. The number of fused-ring (bicyclic) bond motifs is 1. The second-order valence-corrected chi connectivity index (χ2v) is 6.21. The first-order chi connectivity index (χ1) is 9.13. The van der Waals surface area contributed by atoms with Gasteiger partial charge in [-0.1, -0.05) is 29.4 Å². The zero-order valence-electron chi connectivity index (χ0n) is 10.2. The van der Waals surface area contributed by atoms with Crippen LogP contribution < -0.4 is 5.73 Å². The smallest absolute Gasteiger partial charge is 0.143 e. The second kappa shape index (κ2) is 5.06. The summed E-state index contributed by atoms with van der Waals surface area (Å²) in [6.07, 6.45) is 3.54.